The molecular formula is C15H21NO. The van der Waals surface area contributed by atoms with Crippen LogP contribution in [0.3, 0.4) is 0 Å². The Morgan fingerprint density at radius 3 is 3.00 bits per heavy atom. The van der Waals surface area contributed by atoms with Gasteiger partial charge < -0.3 is 9.64 Å². The van der Waals surface area contributed by atoms with E-state index in [2.05, 4.69) is 44.0 Å². The van der Waals surface area contributed by atoms with Crippen LogP contribution in [-0.4, -0.2) is 30.6 Å². The lowest BCUT2D eigenvalue weighted by molar-refractivity contribution is -0.0212. The molecule has 1 spiro atoms. The molecule has 17 heavy (non-hydrogen) atoms. The van der Waals surface area contributed by atoms with Crippen molar-refractivity contribution < 1.29 is 4.74 Å². The summed E-state index contributed by atoms with van der Waals surface area (Å²) in [4.78, 5) is 2.41. The van der Waals surface area contributed by atoms with Crippen molar-refractivity contribution in [3.63, 3.8) is 0 Å². The molecule has 0 aromatic heterocycles. The minimum absolute atomic E-state index is 0.0721. The highest BCUT2D eigenvalue weighted by Gasteiger charge is 2.46. The molecule has 0 N–H and O–H groups in total. The number of hydrogen-bond acceptors (Lipinski definition) is 2. The predicted octanol–water partition coefficient (Wildman–Crippen LogP) is 2.64. The summed E-state index contributed by atoms with van der Waals surface area (Å²) in [5.41, 5.74) is 2.81. The topological polar surface area (TPSA) is 12.5 Å². The first kappa shape index (κ1) is 11.1. The molecule has 2 aliphatic heterocycles. The maximum absolute atomic E-state index is 6.32. The van der Waals surface area contributed by atoms with Crippen molar-refractivity contribution in [1.29, 1.82) is 0 Å². The number of likely N-dealkylation sites (tertiary alicyclic amines) is 1. The molecule has 2 heteroatoms. The van der Waals surface area contributed by atoms with E-state index in [1.54, 1.807) is 0 Å². The number of rotatable bonds is 0. The highest BCUT2D eigenvalue weighted by molar-refractivity contribution is 5.42. The quantitative estimate of drug-likeness (QED) is 0.680. The summed E-state index contributed by atoms with van der Waals surface area (Å²) in [6.45, 7) is 6.78. The summed E-state index contributed by atoms with van der Waals surface area (Å²) in [5, 5.41) is 0. The molecule has 1 aromatic rings. The fraction of sp³-hybridized carbons (Fsp3) is 0.600. The van der Waals surface area contributed by atoms with Gasteiger partial charge >= 0.3 is 0 Å². The molecule has 0 aliphatic carbocycles. The number of fused-ring (bicyclic) bond motifs is 1. The first-order valence-electron chi connectivity index (χ1n) is 6.56. The summed E-state index contributed by atoms with van der Waals surface area (Å²) in [7, 11) is 2.20. The number of aryl methyl sites for hydroxylation is 1. The molecule has 2 unspecified atom stereocenters. The largest absolute Gasteiger partial charge is 0.486 e. The van der Waals surface area contributed by atoms with Crippen LogP contribution in [0.1, 0.15) is 24.5 Å². The molecule has 0 bridgehead atoms. The fourth-order valence-electron chi connectivity index (χ4n) is 3.29. The molecule has 2 heterocycles. The molecule has 92 valence electrons. The van der Waals surface area contributed by atoms with E-state index in [0.717, 1.165) is 31.7 Å². The molecule has 1 fully saturated rings. The van der Waals surface area contributed by atoms with Gasteiger partial charge in [-0.15, -0.1) is 0 Å². The summed E-state index contributed by atoms with van der Waals surface area (Å²) >= 11 is 0. The second-order valence-corrected chi connectivity index (χ2v) is 5.87. The Hall–Kier alpha value is -1.02. The van der Waals surface area contributed by atoms with Crippen LogP contribution < -0.4 is 4.74 Å². The van der Waals surface area contributed by atoms with E-state index in [-0.39, 0.29) is 5.60 Å². The van der Waals surface area contributed by atoms with E-state index in [4.69, 9.17) is 4.74 Å². The Bertz CT molecular complexity index is 443. The molecule has 1 saturated heterocycles. The van der Waals surface area contributed by atoms with Crippen molar-refractivity contribution in [1.82, 2.24) is 4.90 Å². The number of nitrogens with zero attached hydrogens (tertiary/aromatic N) is 1. The number of benzene rings is 1. The van der Waals surface area contributed by atoms with Crippen molar-refractivity contribution in [3.8, 4) is 5.75 Å². The van der Waals surface area contributed by atoms with Crippen molar-refractivity contribution in [3.05, 3.63) is 29.3 Å². The van der Waals surface area contributed by atoms with E-state index in [1.807, 2.05) is 0 Å². The summed E-state index contributed by atoms with van der Waals surface area (Å²) in [6.07, 6.45) is 2.25. The molecule has 0 amide bonds. The third-order valence-corrected chi connectivity index (χ3v) is 4.42. The SMILES string of the molecule is Cc1ccc2c(c1)CC1(CCN(C)CC1C)O2. The zero-order valence-electron chi connectivity index (χ0n) is 11.0. The van der Waals surface area contributed by atoms with Crippen molar-refractivity contribution >= 4 is 0 Å². The number of piperidine rings is 1. The normalized spacial score (nSPS) is 32.5. The van der Waals surface area contributed by atoms with Crippen LogP contribution in [0, 0.1) is 12.8 Å². The first-order chi connectivity index (χ1) is 8.09. The van der Waals surface area contributed by atoms with Gasteiger partial charge in [0, 0.05) is 31.8 Å². The summed E-state index contributed by atoms with van der Waals surface area (Å²) in [5.74, 6) is 1.72. The van der Waals surface area contributed by atoms with Crippen LogP contribution in [0.15, 0.2) is 18.2 Å². The van der Waals surface area contributed by atoms with E-state index in [1.165, 1.54) is 11.1 Å². The molecule has 1 aromatic carbocycles. The Labute approximate surface area is 104 Å². The monoisotopic (exact) mass is 231 g/mol. The minimum atomic E-state index is 0.0721. The number of ether oxygens (including phenoxy) is 1. The second kappa shape index (κ2) is 3.74. The van der Waals surface area contributed by atoms with Gasteiger partial charge in [-0.3, -0.25) is 0 Å². The molecular weight excluding hydrogens is 210 g/mol. The lowest BCUT2D eigenvalue weighted by Gasteiger charge is -2.42. The molecule has 0 radical (unpaired) electrons. The van der Waals surface area contributed by atoms with Gasteiger partial charge in [-0.1, -0.05) is 24.6 Å². The molecule has 2 aliphatic rings. The average Bonchev–Trinajstić information content (AvgIpc) is 2.63. The van der Waals surface area contributed by atoms with Gasteiger partial charge in [-0.2, -0.15) is 0 Å². The molecule has 2 nitrogen and oxygen atoms in total. The maximum Gasteiger partial charge on any atom is 0.123 e. The zero-order valence-corrected chi connectivity index (χ0v) is 11.0. The third kappa shape index (κ3) is 1.75. The first-order valence-corrected chi connectivity index (χ1v) is 6.56. The van der Waals surface area contributed by atoms with E-state index in [0.29, 0.717) is 5.92 Å². The predicted molar refractivity (Wildman–Crippen MR) is 69.5 cm³/mol. The fourth-order valence-corrected chi connectivity index (χ4v) is 3.29. The van der Waals surface area contributed by atoms with Gasteiger partial charge in [0.15, 0.2) is 0 Å². The van der Waals surface area contributed by atoms with Crippen LogP contribution in [-0.2, 0) is 6.42 Å². The smallest absolute Gasteiger partial charge is 0.123 e. The lowest BCUT2D eigenvalue weighted by Crippen LogP contribution is -2.52. The Morgan fingerprint density at radius 1 is 1.41 bits per heavy atom. The summed E-state index contributed by atoms with van der Waals surface area (Å²) < 4.78 is 6.32. The van der Waals surface area contributed by atoms with Crippen LogP contribution in [0.25, 0.3) is 0 Å². The minimum Gasteiger partial charge on any atom is -0.486 e. The van der Waals surface area contributed by atoms with Crippen LogP contribution >= 0.6 is 0 Å². The maximum atomic E-state index is 6.32. The van der Waals surface area contributed by atoms with Gasteiger partial charge in [0.05, 0.1) is 0 Å². The van der Waals surface area contributed by atoms with Gasteiger partial charge in [0.25, 0.3) is 0 Å². The van der Waals surface area contributed by atoms with Crippen LogP contribution in [0.2, 0.25) is 0 Å². The summed E-state index contributed by atoms with van der Waals surface area (Å²) in [6, 6.07) is 6.58. The van der Waals surface area contributed by atoms with Gasteiger partial charge in [-0.25, -0.2) is 0 Å². The Kier molecular flexibility index (Phi) is 2.44. The second-order valence-electron chi connectivity index (χ2n) is 5.87. The van der Waals surface area contributed by atoms with Gasteiger partial charge in [0.2, 0.25) is 0 Å². The Balaban J connectivity index is 1.89. The van der Waals surface area contributed by atoms with E-state index < -0.39 is 0 Å². The van der Waals surface area contributed by atoms with E-state index in [9.17, 15) is 0 Å². The van der Waals surface area contributed by atoms with Crippen molar-refractivity contribution in [2.24, 2.45) is 5.92 Å². The van der Waals surface area contributed by atoms with E-state index >= 15 is 0 Å². The van der Waals surface area contributed by atoms with Crippen LogP contribution in [0.5, 0.6) is 5.75 Å². The van der Waals surface area contributed by atoms with Crippen molar-refractivity contribution in [2.45, 2.75) is 32.3 Å². The van der Waals surface area contributed by atoms with Gasteiger partial charge in [-0.05, 0) is 25.6 Å². The highest BCUT2D eigenvalue weighted by Crippen LogP contribution is 2.43. The lowest BCUT2D eigenvalue weighted by atomic mass is 9.79. The average molecular weight is 231 g/mol. The standard InChI is InChI=1S/C15H21NO/c1-11-4-5-14-13(8-11)9-15(17-14)6-7-16(3)10-12(15)2/h4-5,8,12H,6-7,9-10H2,1-3H3. The number of hydrogen-bond donors (Lipinski definition) is 0. The molecule has 3 rings (SSSR count). The zero-order chi connectivity index (χ0) is 12.0. The van der Waals surface area contributed by atoms with Crippen molar-refractivity contribution in [2.75, 3.05) is 20.1 Å². The van der Waals surface area contributed by atoms with Crippen LogP contribution in [0.4, 0.5) is 0 Å². The molecule has 2 atom stereocenters. The highest BCUT2D eigenvalue weighted by atomic mass is 16.5. The van der Waals surface area contributed by atoms with Gasteiger partial charge in [0.1, 0.15) is 11.4 Å². The molecule has 0 saturated carbocycles. The Morgan fingerprint density at radius 2 is 2.24 bits per heavy atom. The third-order valence-electron chi connectivity index (χ3n) is 4.42.